The molecule has 0 bridgehead atoms. The highest BCUT2D eigenvalue weighted by molar-refractivity contribution is 5.55. The van der Waals surface area contributed by atoms with Crippen LogP contribution >= 0.6 is 0 Å². The summed E-state index contributed by atoms with van der Waals surface area (Å²) in [5.41, 5.74) is 2.79. The maximum atomic E-state index is 2.40. The lowest BCUT2D eigenvalue weighted by molar-refractivity contribution is 0.339. The second-order valence-corrected chi connectivity index (χ2v) is 4.39. The van der Waals surface area contributed by atoms with Crippen molar-refractivity contribution in [1.29, 1.82) is 0 Å². The molecule has 2 heterocycles. The standard InChI is InChI=1S/C14H20N2/c1-3-9-15(2)11-7-13-8-12-16-10-5-4-6-14(13)16/h4-6,8,10,12H,3,7,9,11H2,1-2H3. The zero-order valence-corrected chi connectivity index (χ0v) is 10.2. The molecule has 0 fully saturated rings. The number of hydrogen-bond acceptors (Lipinski definition) is 1. The van der Waals surface area contributed by atoms with E-state index in [9.17, 15) is 0 Å². The smallest absolute Gasteiger partial charge is 0.0482 e. The van der Waals surface area contributed by atoms with E-state index < -0.39 is 0 Å². The van der Waals surface area contributed by atoms with E-state index in [0.717, 1.165) is 13.0 Å². The molecule has 0 N–H and O–H groups in total. The van der Waals surface area contributed by atoms with Crippen molar-refractivity contribution < 1.29 is 0 Å². The lowest BCUT2D eigenvalue weighted by Gasteiger charge is -2.14. The summed E-state index contributed by atoms with van der Waals surface area (Å²) >= 11 is 0. The van der Waals surface area contributed by atoms with E-state index in [1.54, 1.807) is 0 Å². The monoisotopic (exact) mass is 216 g/mol. The first kappa shape index (κ1) is 11.2. The van der Waals surface area contributed by atoms with Gasteiger partial charge in [0.15, 0.2) is 0 Å². The van der Waals surface area contributed by atoms with Gasteiger partial charge in [0.05, 0.1) is 0 Å². The molecule has 0 saturated heterocycles. The van der Waals surface area contributed by atoms with Gasteiger partial charge in [0, 0.05) is 24.5 Å². The summed E-state index contributed by atoms with van der Waals surface area (Å²) in [5, 5.41) is 0. The van der Waals surface area contributed by atoms with Crippen LogP contribution in [0.2, 0.25) is 0 Å². The lowest BCUT2D eigenvalue weighted by atomic mass is 10.2. The Kier molecular flexibility index (Phi) is 3.62. The van der Waals surface area contributed by atoms with Crippen molar-refractivity contribution in [2.75, 3.05) is 20.1 Å². The normalized spacial score (nSPS) is 11.4. The summed E-state index contributed by atoms with van der Waals surface area (Å²) in [6, 6.07) is 8.60. The molecule has 0 aromatic carbocycles. The molecular weight excluding hydrogens is 196 g/mol. The summed E-state index contributed by atoms with van der Waals surface area (Å²) in [6.07, 6.45) is 6.61. The molecule has 0 amide bonds. The number of pyridine rings is 1. The zero-order valence-electron chi connectivity index (χ0n) is 10.2. The molecule has 0 saturated carbocycles. The Bertz CT molecular complexity index is 445. The van der Waals surface area contributed by atoms with Crippen molar-refractivity contribution in [3.05, 3.63) is 42.2 Å². The Hall–Kier alpha value is -1.28. The van der Waals surface area contributed by atoms with Crippen molar-refractivity contribution >= 4 is 5.52 Å². The van der Waals surface area contributed by atoms with Gasteiger partial charge in [-0.15, -0.1) is 0 Å². The molecule has 0 radical (unpaired) electrons. The number of aromatic nitrogens is 1. The Morgan fingerprint density at radius 3 is 2.81 bits per heavy atom. The third-order valence-corrected chi connectivity index (χ3v) is 3.02. The van der Waals surface area contributed by atoms with Crippen LogP contribution in [0.1, 0.15) is 18.9 Å². The first-order valence-corrected chi connectivity index (χ1v) is 6.04. The average Bonchev–Trinajstić information content (AvgIpc) is 2.70. The largest absolute Gasteiger partial charge is 0.324 e. The fourth-order valence-corrected chi connectivity index (χ4v) is 2.13. The predicted octanol–water partition coefficient (Wildman–Crippen LogP) is 2.82. The molecule has 0 spiro atoms. The molecule has 0 aliphatic carbocycles. The van der Waals surface area contributed by atoms with Crippen LogP contribution in [-0.2, 0) is 6.42 Å². The van der Waals surface area contributed by atoms with Gasteiger partial charge in [-0.25, -0.2) is 0 Å². The minimum absolute atomic E-state index is 1.14. The first-order valence-electron chi connectivity index (χ1n) is 6.04. The summed E-state index contributed by atoms with van der Waals surface area (Å²) in [4.78, 5) is 2.40. The molecule has 2 rings (SSSR count). The summed E-state index contributed by atoms with van der Waals surface area (Å²) < 4.78 is 2.19. The van der Waals surface area contributed by atoms with Gasteiger partial charge in [-0.2, -0.15) is 0 Å². The van der Waals surface area contributed by atoms with E-state index in [1.807, 2.05) is 0 Å². The van der Waals surface area contributed by atoms with Crippen molar-refractivity contribution in [1.82, 2.24) is 9.30 Å². The van der Waals surface area contributed by atoms with Crippen molar-refractivity contribution in [3.63, 3.8) is 0 Å². The van der Waals surface area contributed by atoms with Crippen molar-refractivity contribution in [3.8, 4) is 0 Å². The average molecular weight is 216 g/mol. The second kappa shape index (κ2) is 5.17. The number of hydrogen-bond donors (Lipinski definition) is 0. The van der Waals surface area contributed by atoms with Gasteiger partial charge < -0.3 is 9.30 Å². The zero-order chi connectivity index (χ0) is 11.4. The quantitative estimate of drug-likeness (QED) is 0.746. The number of nitrogens with zero attached hydrogens (tertiary/aromatic N) is 2. The maximum absolute atomic E-state index is 2.40. The maximum Gasteiger partial charge on any atom is 0.0482 e. The van der Waals surface area contributed by atoms with Gasteiger partial charge in [-0.1, -0.05) is 13.0 Å². The highest BCUT2D eigenvalue weighted by Gasteiger charge is 2.03. The van der Waals surface area contributed by atoms with E-state index in [2.05, 4.69) is 59.9 Å². The summed E-state index contributed by atoms with van der Waals surface area (Å²) in [7, 11) is 2.20. The van der Waals surface area contributed by atoms with Crippen molar-refractivity contribution in [2.24, 2.45) is 0 Å². The van der Waals surface area contributed by atoms with Crippen LogP contribution in [0, 0.1) is 0 Å². The molecule has 0 aliphatic rings. The molecule has 2 aromatic heterocycles. The summed E-state index contributed by atoms with van der Waals surface area (Å²) in [6.45, 7) is 4.55. The Balaban J connectivity index is 2.04. The van der Waals surface area contributed by atoms with Crippen LogP contribution in [0.25, 0.3) is 5.52 Å². The third kappa shape index (κ3) is 2.45. The van der Waals surface area contributed by atoms with Gasteiger partial charge >= 0.3 is 0 Å². The SMILES string of the molecule is CCCN(C)CCc1ccn2ccccc12. The van der Waals surface area contributed by atoms with Crippen LogP contribution in [0.4, 0.5) is 0 Å². The number of likely N-dealkylation sites (N-methyl/N-ethyl adjacent to an activating group) is 1. The predicted molar refractivity (Wildman–Crippen MR) is 68.9 cm³/mol. The van der Waals surface area contributed by atoms with Crippen LogP contribution in [0.3, 0.4) is 0 Å². The van der Waals surface area contributed by atoms with Crippen LogP contribution in [-0.4, -0.2) is 29.4 Å². The van der Waals surface area contributed by atoms with Crippen LogP contribution in [0.5, 0.6) is 0 Å². The van der Waals surface area contributed by atoms with Gasteiger partial charge in [0.25, 0.3) is 0 Å². The Labute approximate surface area is 97.5 Å². The fraction of sp³-hybridized carbons (Fsp3) is 0.429. The molecule has 86 valence electrons. The molecule has 2 heteroatoms. The van der Waals surface area contributed by atoms with Gasteiger partial charge in [-0.05, 0) is 50.2 Å². The third-order valence-electron chi connectivity index (χ3n) is 3.02. The minimum atomic E-state index is 1.14. The van der Waals surface area contributed by atoms with Crippen molar-refractivity contribution in [2.45, 2.75) is 19.8 Å². The lowest BCUT2D eigenvalue weighted by Crippen LogP contribution is -2.21. The van der Waals surface area contributed by atoms with E-state index in [-0.39, 0.29) is 0 Å². The molecular formula is C14H20N2. The van der Waals surface area contributed by atoms with E-state index in [4.69, 9.17) is 0 Å². The first-order chi connectivity index (χ1) is 7.81. The molecule has 2 nitrogen and oxygen atoms in total. The molecule has 0 aliphatic heterocycles. The molecule has 0 unspecified atom stereocenters. The van der Waals surface area contributed by atoms with E-state index in [0.29, 0.717) is 0 Å². The van der Waals surface area contributed by atoms with Gasteiger partial charge in [0.2, 0.25) is 0 Å². The number of rotatable bonds is 5. The van der Waals surface area contributed by atoms with Gasteiger partial charge in [0.1, 0.15) is 0 Å². The minimum Gasteiger partial charge on any atom is -0.324 e. The van der Waals surface area contributed by atoms with E-state index >= 15 is 0 Å². The number of fused-ring (bicyclic) bond motifs is 1. The molecule has 0 atom stereocenters. The van der Waals surface area contributed by atoms with Gasteiger partial charge in [-0.3, -0.25) is 0 Å². The topological polar surface area (TPSA) is 7.65 Å². The van der Waals surface area contributed by atoms with Crippen LogP contribution in [0.15, 0.2) is 36.7 Å². The highest BCUT2D eigenvalue weighted by Crippen LogP contribution is 2.13. The Morgan fingerprint density at radius 1 is 1.12 bits per heavy atom. The fourth-order valence-electron chi connectivity index (χ4n) is 2.13. The Morgan fingerprint density at radius 2 is 2.00 bits per heavy atom. The van der Waals surface area contributed by atoms with E-state index in [1.165, 1.54) is 24.0 Å². The van der Waals surface area contributed by atoms with Crippen LogP contribution < -0.4 is 0 Å². The summed E-state index contributed by atoms with van der Waals surface area (Å²) in [5.74, 6) is 0. The molecule has 2 aromatic rings. The highest BCUT2D eigenvalue weighted by atomic mass is 15.1. The molecule has 16 heavy (non-hydrogen) atoms. The second-order valence-electron chi connectivity index (χ2n) is 4.39.